The number of hydrogen-bond donors (Lipinski definition) is 1. The van der Waals surface area contributed by atoms with E-state index in [-0.39, 0.29) is 0 Å². The molecule has 0 spiro atoms. The van der Waals surface area contributed by atoms with Crippen molar-refractivity contribution in [2.75, 3.05) is 34.0 Å². The molecular weight excluding hydrogens is 242 g/mol. The van der Waals surface area contributed by atoms with Crippen molar-refractivity contribution in [3.8, 4) is 11.5 Å². The maximum absolute atomic E-state index is 5.88. The summed E-state index contributed by atoms with van der Waals surface area (Å²) in [7, 11) is 3.37. The Morgan fingerprint density at radius 3 is 2.63 bits per heavy atom. The summed E-state index contributed by atoms with van der Waals surface area (Å²) in [6.07, 6.45) is 0. The van der Waals surface area contributed by atoms with Crippen molar-refractivity contribution >= 4 is 0 Å². The molecule has 0 unspecified atom stereocenters. The molecule has 0 amide bonds. The molecule has 1 aromatic carbocycles. The number of rotatable bonds is 9. The molecule has 0 aromatic heterocycles. The molecule has 0 aliphatic heterocycles. The predicted octanol–water partition coefficient (Wildman–Crippen LogP) is 2.47. The van der Waals surface area contributed by atoms with Gasteiger partial charge in [-0.25, -0.2) is 0 Å². The zero-order valence-corrected chi connectivity index (χ0v) is 12.4. The van der Waals surface area contributed by atoms with Crippen LogP contribution in [0.4, 0.5) is 0 Å². The van der Waals surface area contributed by atoms with Crippen LogP contribution in [-0.4, -0.2) is 34.0 Å². The molecule has 0 fully saturated rings. The highest BCUT2D eigenvalue weighted by Gasteiger charge is 2.10. The number of methoxy groups -OCH3 is 2. The second-order valence-electron chi connectivity index (χ2n) is 4.82. The van der Waals surface area contributed by atoms with Crippen molar-refractivity contribution < 1.29 is 14.2 Å². The fraction of sp³-hybridized carbons (Fsp3) is 0.600. The molecule has 0 radical (unpaired) electrons. The molecule has 1 aromatic rings. The molecule has 4 heteroatoms. The Labute approximate surface area is 116 Å². The Morgan fingerprint density at radius 2 is 2.00 bits per heavy atom. The maximum Gasteiger partial charge on any atom is 0.165 e. The van der Waals surface area contributed by atoms with Gasteiger partial charge in [0.1, 0.15) is 0 Å². The van der Waals surface area contributed by atoms with Crippen molar-refractivity contribution in [1.29, 1.82) is 0 Å². The van der Waals surface area contributed by atoms with Gasteiger partial charge in [0, 0.05) is 25.8 Å². The van der Waals surface area contributed by atoms with E-state index in [4.69, 9.17) is 14.2 Å². The average Bonchev–Trinajstić information content (AvgIpc) is 2.41. The SMILES string of the molecule is COCCNCc1cccc(OC)c1OCC(C)C. The van der Waals surface area contributed by atoms with Gasteiger partial charge in [-0.3, -0.25) is 0 Å². The number of nitrogens with one attached hydrogen (secondary N) is 1. The van der Waals surface area contributed by atoms with Crippen LogP contribution < -0.4 is 14.8 Å². The van der Waals surface area contributed by atoms with Gasteiger partial charge in [-0.2, -0.15) is 0 Å². The van der Waals surface area contributed by atoms with Crippen LogP contribution in [0.25, 0.3) is 0 Å². The van der Waals surface area contributed by atoms with Gasteiger partial charge in [0.15, 0.2) is 11.5 Å². The van der Waals surface area contributed by atoms with Crippen molar-refractivity contribution in [3.63, 3.8) is 0 Å². The molecule has 108 valence electrons. The van der Waals surface area contributed by atoms with Crippen LogP contribution in [-0.2, 0) is 11.3 Å². The summed E-state index contributed by atoms with van der Waals surface area (Å²) < 4.78 is 16.3. The lowest BCUT2D eigenvalue weighted by atomic mass is 10.1. The van der Waals surface area contributed by atoms with Crippen LogP contribution in [0.3, 0.4) is 0 Å². The lowest BCUT2D eigenvalue weighted by molar-refractivity contribution is 0.198. The smallest absolute Gasteiger partial charge is 0.165 e. The third-order valence-corrected chi connectivity index (χ3v) is 2.64. The highest BCUT2D eigenvalue weighted by Crippen LogP contribution is 2.31. The summed E-state index contributed by atoms with van der Waals surface area (Å²) in [6, 6.07) is 5.96. The van der Waals surface area contributed by atoms with Gasteiger partial charge in [-0.05, 0) is 12.0 Å². The van der Waals surface area contributed by atoms with Gasteiger partial charge in [-0.1, -0.05) is 26.0 Å². The first kappa shape index (κ1) is 15.8. The van der Waals surface area contributed by atoms with Crippen LogP contribution in [0, 0.1) is 5.92 Å². The minimum atomic E-state index is 0.485. The zero-order chi connectivity index (χ0) is 14.1. The van der Waals surface area contributed by atoms with Crippen LogP contribution >= 0.6 is 0 Å². The third-order valence-electron chi connectivity index (χ3n) is 2.64. The van der Waals surface area contributed by atoms with E-state index in [9.17, 15) is 0 Å². The second kappa shape index (κ2) is 8.77. The van der Waals surface area contributed by atoms with Gasteiger partial charge in [0.25, 0.3) is 0 Å². The molecule has 0 atom stereocenters. The van der Waals surface area contributed by atoms with E-state index in [0.29, 0.717) is 19.1 Å². The lowest BCUT2D eigenvalue weighted by Gasteiger charge is -2.16. The molecule has 1 N–H and O–H groups in total. The molecule has 1 rings (SSSR count). The summed E-state index contributed by atoms with van der Waals surface area (Å²) in [5, 5.41) is 3.32. The maximum atomic E-state index is 5.88. The molecular formula is C15H25NO3. The molecule has 0 saturated heterocycles. The van der Waals surface area contributed by atoms with E-state index in [1.54, 1.807) is 14.2 Å². The van der Waals surface area contributed by atoms with Crippen molar-refractivity contribution in [1.82, 2.24) is 5.32 Å². The summed E-state index contributed by atoms with van der Waals surface area (Å²) in [5.74, 6) is 2.11. The Bertz CT molecular complexity index is 366. The summed E-state index contributed by atoms with van der Waals surface area (Å²) in [6.45, 7) is 7.21. The monoisotopic (exact) mass is 267 g/mol. The standard InChI is InChI=1S/C15H25NO3/c1-12(2)11-19-15-13(10-16-8-9-17-3)6-5-7-14(15)18-4/h5-7,12,16H,8-11H2,1-4H3. The zero-order valence-electron chi connectivity index (χ0n) is 12.4. The van der Waals surface area contributed by atoms with Gasteiger partial charge in [0.05, 0.1) is 20.3 Å². The number of ether oxygens (including phenoxy) is 3. The fourth-order valence-corrected chi connectivity index (χ4v) is 1.67. The predicted molar refractivity (Wildman–Crippen MR) is 76.9 cm³/mol. The lowest BCUT2D eigenvalue weighted by Crippen LogP contribution is -2.19. The van der Waals surface area contributed by atoms with Gasteiger partial charge < -0.3 is 19.5 Å². The van der Waals surface area contributed by atoms with Gasteiger partial charge >= 0.3 is 0 Å². The van der Waals surface area contributed by atoms with Gasteiger partial charge in [0.2, 0.25) is 0 Å². The van der Waals surface area contributed by atoms with Crippen LogP contribution in [0.5, 0.6) is 11.5 Å². The quantitative estimate of drug-likeness (QED) is 0.698. The first-order chi connectivity index (χ1) is 9.19. The van der Waals surface area contributed by atoms with Gasteiger partial charge in [-0.15, -0.1) is 0 Å². The summed E-state index contributed by atoms with van der Waals surface area (Å²) in [5.41, 5.74) is 1.11. The Kier molecular flexibility index (Phi) is 7.30. The van der Waals surface area contributed by atoms with Crippen LogP contribution in [0.1, 0.15) is 19.4 Å². The summed E-state index contributed by atoms with van der Waals surface area (Å²) in [4.78, 5) is 0. The normalized spacial score (nSPS) is 10.8. The van der Waals surface area contributed by atoms with Crippen molar-refractivity contribution in [3.05, 3.63) is 23.8 Å². The fourth-order valence-electron chi connectivity index (χ4n) is 1.67. The van der Waals surface area contributed by atoms with E-state index in [0.717, 1.165) is 30.2 Å². The van der Waals surface area contributed by atoms with Crippen molar-refractivity contribution in [2.24, 2.45) is 5.92 Å². The molecule has 0 heterocycles. The number of benzene rings is 1. The highest BCUT2D eigenvalue weighted by atomic mass is 16.5. The summed E-state index contributed by atoms with van der Waals surface area (Å²) >= 11 is 0. The first-order valence-corrected chi connectivity index (χ1v) is 6.67. The first-order valence-electron chi connectivity index (χ1n) is 6.67. The molecule has 0 bridgehead atoms. The largest absolute Gasteiger partial charge is 0.493 e. The molecule has 0 aliphatic carbocycles. The van der Waals surface area contributed by atoms with E-state index >= 15 is 0 Å². The van der Waals surface area contributed by atoms with E-state index < -0.39 is 0 Å². The molecule has 0 aliphatic rings. The van der Waals surface area contributed by atoms with Crippen molar-refractivity contribution in [2.45, 2.75) is 20.4 Å². The molecule has 19 heavy (non-hydrogen) atoms. The average molecular weight is 267 g/mol. The Hall–Kier alpha value is -1.26. The minimum absolute atomic E-state index is 0.485. The number of para-hydroxylation sites is 1. The Balaban J connectivity index is 2.71. The van der Waals surface area contributed by atoms with E-state index in [1.807, 2.05) is 12.1 Å². The molecule has 0 saturated carbocycles. The van der Waals surface area contributed by atoms with E-state index in [2.05, 4.69) is 25.2 Å². The molecule has 4 nitrogen and oxygen atoms in total. The third kappa shape index (κ3) is 5.49. The Morgan fingerprint density at radius 1 is 1.21 bits per heavy atom. The van der Waals surface area contributed by atoms with E-state index in [1.165, 1.54) is 0 Å². The second-order valence-corrected chi connectivity index (χ2v) is 4.82. The minimum Gasteiger partial charge on any atom is -0.493 e. The highest BCUT2D eigenvalue weighted by molar-refractivity contribution is 5.46. The topological polar surface area (TPSA) is 39.7 Å². The van der Waals surface area contributed by atoms with Crippen LogP contribution in [0.2, 0.25) is 0 Å². The number of hydrogen-bond acceptors (Lipinski definition) is 4. The van der Waals surface area contributed by atoms with Crippen LogP contribution in [0.15, 0.2) is 18.2 Å².